The summed E-state index contributed by atoms with van der Waals surface area (Å²) in [5.41, 5.74) is 2.31. The first-order valence-electron chi connectivity index (χ1n) is 18.5. The Morgan fingerprint density at radius 2 is 1.87 bits per heavy atom. The molecule has 282 valence electrons. The number of aryl methyl sites for hydroxylation is 1. The van der Waals surface area contributed by atoms with E-state index in [9.17, 15) is 22.8 Å². The number of allylic oxidation sites excluding steroid dienone is 1. The van der Waals surface area contributed by atoms with E-state index in [4.69, 9.17) is 19.4 Å². The van der Waals surface area contributed by atoms with E-state index in [-0.39, 0.29) is 37.3 Å². The topological polar surface area (TPSA) is 160 Å². The highest BCUT2D eigenvalue weighted by Gasteiger charge is 2.62. The van der Waals surface area contributed by atoms with Gasteiger partial charge in [-0.05, 0) is 75.6 Å². The van der Waals surface area contributed by atoms with Crippen molar-refractivity contribution < 1.29 is 32.3 Å². The van der Waals surface area contributed by atoms with Crippen LogP contribution in [0.3, 0.4) is 0 Å². The summed E-state index contributed by atoms with van der Waals surface area (Å²) < 4.78 is 40.2. The predicted molar refractivity (Wildman–Crippen MR) is 200 cm³/mol. The number of ether oxygens (including phenoxy) is 2. The Morgan fingerprint density at radius 1 is 1.08 bits per heavy atom. The summed E-state index contributed by atoms with van der Waals surface area (Å²) in [4.78, 5) is 54.9. The maximum atomic E-state index is 14.3. The highest BCUT2D eigenvalue weighted by atomic mass is 32.2. The molecule has 2 aromatic heterocycles. The third-order valence-corrected chi connectivity index (χ3v) is 12.7. The van der Waals surface area contributed by atoms with Gasteiger partial charge in [-0.1, -0.05) is 32.1 Å². The summed E-state index contributed by atoms with van der Waals surface area (Å²) >= 11 is 0. The largest absolute Gasteiger partial charge is 0.496 e. The smallest absolute Gasteiger partial charge is 0.320 e. The number of fused-ring (bicyclic) bond motifs is 3. The van der Waals surface area contributed by atoms with Crippen molar-refractivity contribution in [2.75, 3.05) is 27.2 Å². The highest BCUT2D eigenvalue weighted by molar-refractivity contribution is 7.91. The number of amides is 4. The molecule has 1 saturated heterocycles. The van der Waals surface area contributed by atoms with Crippen molar-refractivity contribution in [2.45, 2.75) is 94.6 Å². The van der Waals surface area contributed by atoms with Crippen LogP contribution in [-0.4, -0.2) is 96.2 Å². The number of pyridine rings is 2. The zero-order chi connectivity index (χ0) is 37.7. The number of urea groups is 1. The van der Waals surface area contributed by atoms with Gasteiger partial charge in [0, 0.05) is 48.6 Å². The van der Waals surface area contributed by atoms with Crippen LogP contribution in [0.4, 0.5) is 4.79 Å². The Kier molecular flexibility index (Phi) is 9.85. The molecule has 0 unspecified atom stereocenters. The van der Waals surface area contributed by atoms with Crippen molar-refractivity contribution in [1.82, 2.24) is 29.8 Å². The molecule has 4 aliphatic rings. The average Bonchev–Trinajstić information content (AvgIpc) is 4.06. The third kappa shape index (κ3) is 7.29. The molecule has 0 bridgehead atoms. The number of rotatable bonds is 8. The van der Waals surface area contributed by atoms with Crippen molar-refractivity contribution in [3.8, 4) is 22.9 Å². The highest BCUT2D eigenvalue weighted by Crippen LogP contribution is 2.46. The minimum atomic E-state index is -3.84. The number of carbonyl (C=O) groups excluding carboxylic acids is 3. The summed E-state index contributed by atoms with van der Waals surface area (Å²) in [7, 11) is -0.510. The van der Waals surface area contributed by atoms with Gasteiger partial charge in [-0.15, -0.1) is 0 Å². The molecule has 0 spiro atoms. The fraction of sp³-hybridized carbons (Fsp3) is 0.513. The third-order valence-electron chi connectivity index (χ3n) is 10.9. The lowest BCUT2D eigenvalue weighted by Gasteiger charge is -2.30. The number of carbonyl (C=O) groups is 3. The Bertz CT molecular complexity index is 2080. The number of nitrogens with one attached hydrogen (secondary N) is 2. The van der Waals surface area contributed by atoms with Crippen LogP contribution >= 0.6 is 0 Å². The molecule has 53 heavy (non-hydrogen) atoms. The Balaban J connectivity index is 1.22. The van der Waals surface area contributed by atoms with Crippen LogP contribution in [0.1, 0.15) is 76.0 Å². The molecule has 13 nitrogen and oxygen atoms in total. The predicted octanol–water partition coefficient (Wildman–Crippen LogP) is 4.83. The number of nitrogens with zero attached hydrogens (tertiary/aromatic N) is 4. The first-order chi connectivity index (χ1) is 25.3. The van der Waals surface area contributed by atoms with Gasteiger partial charge in [-0.25, -0.2) is 18.2 Å². The van der Waals surface area contributed by atoms with Gasteiger partial charge in [0.25, 0.3) is 5.91 Å². The minimum Gasteiger partial charge on any atom is -0.496 e. The second-order valence-electron chi connectivity index (χ2n) is 15.1. The maximum Gasteiger partial charge on any atom is 0.320 e. The van der Waals surface area contributed by atoms with E-state index >= 15 is 0 Å². The van der Waals surface area contributed by atoms with Gasteiger partial charge in [0.05, 0.1) is 35.8 Å². The van der Waals surface area contributed by atoms with Crippen molar-refractivity contribution in [3.63, 3.8) is 0 Å². The Morgan fingerprint density at radius 3 is 2.60 bits per heavy atom. The second-order valence-corrected chi connectivity index (χ2v) is 17.1. The number of aromatic nitrogens is 2. The monoisotopic (exact) mass is 744 g/mol. The van der Waals surface area contributed by atoms with E-state index < -0.39 is 44.8 Å². The summed E-state index contributed by atoms with van der Waals surface area (Å²) in [6.07, 6.45) is 7.02. The van der Waals surface area contributed by atoms with Crippen molar-refractivity contribution in [2.24, 2.45) is 5.92 Å². The molecular formula is C39H48N6O7S. The van der Waals surface area contributed by atoms with Crippen molar-refractivity contribution >= 4 is 38.8 Å². The molecule has 3 fully saturated rings. The fourth-order valence-electron chi connectivity index (χ4n) is 7.42. The number of benzene rings is 1. The standard InChI is InChI=1S/C39H48N6O7S/c1-23(2)29-12-10-13-30(40-29)31-20-34(28-16-17-33(51-5)24(3)35(28)41-31)52-26-19-32-36(46)42-39(37(47)43-53(49,50)27-14-15-27)21-25(39)11-8-6-7-9-18-44(4)38(48)45(32)22-26/h8,10-13,16-17,20,23,25-27,32H,6-7,9,14-15,18-19,21-22H2,1-5H3,(H,42,46)(H,43,47)/b11-8-/t25-,26-,32+,39-/m1/s1. The molecule has 1 aromatic carbocycles. The van der Waals surface area contributed by atoms with E-state index in [1.165, 1.54) is 4.90 Å². The van der Waals surface area contributed by atoms with Gasteiger partial charge < -0.3 is 24.6 Å². The van der Waals surface area contributed by atoms with Gasteiger partial charge in [-0.2, -0.15) is 0 Å². The Labute approximate surface area is 310 Å². The van der Waals surface area contributed by atoms with E-state index in [0.29, 0.717) is 47.8 Å². The van der Waals surface area contributed by atoms with Crippen LogP contribution in [-0.2, 0) is 19.6 Å². The van der Waals surface area contributed by atoms with Gasteiger partial charge in [-0.3, -0.25) is 19.3 Å². The van der Waals surface area contributed by atoms with Crippen LogP contribution in [0.2, 0.25) is 0 Å². The summed E-state index contributed by atoms with van der Waals surface area (Å²) in [6, 6.07) is 10.2. The van der Waals surface area contributed by atoms with Gasteiger partial charge in [0.15, 0.2) is 0 Å². The molecule has 2 N–H and O–H groups in total. The molecular weight excluding hydrogens is 697 g/mol. The second kappa shape index (κ2) is 14.3. The molecule has 14 heteroatoms. The van der Waals surface area contributed by atoms with E-state index in [0.717, 1.165) is 35.9 Å². The summed E-state index contributed by atoms with van der Waals surface area (Å²) in [6.45, 7) is 6.73. The normalized spacial score (nSPS) is 25.7. The molecule has 7 rings (SSSR count). The van der Waals surface area contributed by atoms with Gasteiger partial charge in [0.2, 0.25) is 15.9 Å². The first-order valence-corrected chi connectivity index (χ1v) is 20.0. The molecule has 4 amide bonds. The number of methoxy groups -OCH3 is 1. The molecule has 2 saturated carbocycles. The van der Waals surface area contributed by atoms with Crippen molar-refractivity contribution in [1.29, 1.82) is 0 Å². The zero-order valence-corrected chi connectivity index (χ0v) is 31.7. The lowest BCUT2D eigenvalue weighted by Crippen LogP contribution is -2.57. The fourth-order valence-corrected chi connectivity index (χ4v) is 8.78. The number of hydrogen-bond donors (Lipinski definition) is 2. The van der Waals surface area contributed by atoms with Gasteiger partial charge >= 0.3 is 6.03 Å². The average molecular weight is 745 g/mol. The zero-order valence-electron chi connectivity index (χ0n) is 30.9. The Hall–Kier alpha value is -4.72. The molecule has 2 aliphatic heterocycles. The van der Waals surface area contributed by atoms with Crippen LogP contribution in [0.25, 0.3) is 22.3 Å². The SMILES string of the molecule is COc1ccc2c(O[C@@H]3C[C@H]4C(=O)N[C@]5(C(=O)NS(=O)(=O)C6CC6)C[C@H]5/C=C\CCCCN(C)C(=O)N4C3)cc(-c3cccc(C(C)C)n3)nc2c1C. The van der Waals surface area contributed by atoms with Crippen LogP contribution in [0, 0.1) is 12.8 Å². The number of sulfonamides is 1. The van der Waals surface area contributed by atoms with Crippen LogP contribution in [0.5, 0.6) is 11.5 Å². The summed E-state index contributed by atoms with van der Waals surface area (Å²) in [5.74, 6) is -0.219. The lowest BCUT2D eigenvalue weighted by atomic mass is 10.1. The molecule has 0 radical (unpaired) electrons. The van der Waals surface area contributed by atoms with Crippen molar-refractivity contribution in [3.05, 3.63) is 59.8 Å². The lowest BCUT2D eigenvalue weighted by molar-refractivity contribution is -0.131. The number of hydrogen-bond acceptors (Lipinski definition) is 9. The first kappa shape index (κ1) is 36.6. The van der Waals surface area contributed by atoms with Crippen LogP contribution < -0.4 is 19.5 Å². The van der Waals surface area contributed by atoms with Crippen LogP contribution in [0.15, 0.2) is 48.6 Å². The van der Waals surface area contributed by atoms with Gasteiger partial charge in [0.1, 0.15) is 29.2 Å². The quantitative estimate of drug-likeness (QED) is 0.308. The molecule has 4 atom stereocenters. The van der Waals surface area contributed by atoms with E-state index in [1.54, 1.807) is 19.1 Å². The molecule has 3 aromatic rings. The maximum absolute atomic E-state index is 14.3. The minimum absolute atomic E-state index is 0.120. The summed E-state index contributed by atoms with van der Waals surface area (Å²) in [5, 5.41) is 3.07. The molecule has 2 aliphatic carbocycles. The van der Waals surface area contributed by atoms with E-state index in [1.807, 2.05) is 55.5 Å². The van der Waals surface area contributed by atoms with E-state index in [2.05, 4.69) is 23.9 Å². The molecule has 4 heterocycles.